The first-order valence-corrected chi connectivity index (χ1v) is 7.64. The first-order chi connectivity index (χ1) is 8.66. The lowest BCUT2D eigenvalue weighted by molar-refractivity contribution is 0.208. The molecule has 0 bridgehead atoms. The molecule has 1 fully saturated rings. The van der Waals surface area contributed by atoms with Gasteiger partial charge in [-0.25, -0.2) is 0 Å². The minimum atomic E-state index is 0.0479. The summed E-state index contributed by atoms with van der Waals surface area (Å²) in [6, 6.07) is 6.14. The predicted molar refractivity (Wildman–Crippen MR) is 78.8 cm³/mol. The van der Waals surface area contributed by atoms with Gasteiger partial charge in [-0.1, -0.05) is 41.3 Å². The number of nitrogens with two attached hydrogens (primary N) is 1. The van der Waals surface area contributed by atoms with Crippen LogP contribution >= 0.6 is 15.9 Å². The van der Waals surface area contributed by atoms with E-state index >= 15 is 0 Å². The maximum absolute atomic E-state index is 5.89. The van der Waals surface area contributed by atoms with Gasteiger partial charge in [-0.15, -0.1) is 0 Å². The Hall–Kier alpha value is -0.540. The van der Waals surface area contributed by atoms with E-state index in [0.29, 0.717) is 0 Å². The van der Waals surface area contributed by atoms with Crippen molar-refractivity contribution in [2.75, 3.05) is 6.61 Å². The fraction of sp³-hybridized carbons (Fsp3) is 0.600. The molecule has 2 N–H and O–H groups in total. The molecule has 1 aromatic carbocycles. The van der Waals surface area contributed by atoms with Gasteiger partial charge < -0.3 is 10.5 Å². The number of ether oxygens (including phenoxy) is 1. The van der Waals surface area contributed by atoms with Gasteiger partial charge in [-0.2, -0.15) is 0 Å². The number of rotatable bonds is 4. The normalized spacial score (nSPS) is 18.6. The van der Waals surface area contributed by atoms with Crippen molar-refractivity contribution in [1.29, 1.82) is 0 Å². The molecule has 100 valence electrons. The Morgan fingerprint density at radius 3 is 2.67 bits per heavy atom. The molecular formula is C15H22BrNO. The summed E-state index contributed by atoms with van der Waals surface area (Å²) in [6.07, 6.45) is 6.76. The summed E-state index contributed by atoms with van der Waals surface area (Å²) in [4.78, 5) is 0. The second-order valence-corrected chi connectivity index (χ2v) is 6.14. The zero-order valence-electron chi connectivity index (χ0n) is 11.0. The molecule has 0 aromatic heterocycles. The average molecular weight is 312 g/mol. The molecule has 0 aliphatic heterocycles. The third-order valence-corrected chi connectivity index (χ3v) is 4.36. The number of hydrogen-bond donors (Lipinski definition) is 1. The van der Waals surface area contributed by atoms with Gasteiger partial charge in [0.05, 0.1) is 6.61 Å². The quantitative estimate of drug-likeness (QED) is 0.893. The standard InChI is InChI=1S/C15H22BrNO/c1-11(17)14-8-7-13(9-15(14)16)18-10-12-5-3-2-4-6-12/h7-9,11-12H,2-6,10,17H2,1H3/t11-/m0/s1. The lowest BCUT2D eigenvalue weighted by Crippen LogP contribution is -2.15. The van der Waals surface area contributed by atoms with Gasteiger partial charge >= 0.3 is 0 Å². The SMILES string of the molecule is C[C@H](N)c1ccc(OCC2CCCCC2)cc1Br. The Bertz CT molecular complexity index is 386. The van der Waals surface area contributed by atoms with Crippen molar-refractivity contribution in [3.05, 3.63) is 28.2 Å². The highest BCUT2D eigenvalue weighted by molar-refractivity contribution is 9.10. The zero-order chi connectivity index (χ0) is 13.0. The van der Waals surface area contributed by atoms with Gasteiger partial charge in [0.2, 0.25) is 0 Å². The lowest BCUT2D eigenvalue weighted by Gasteiger charge is -2.22. The molecular weight excluding hydrogens is 290 g/mol. The minimum Gasteiger partial charge on any atom is -0.493 e. The summed E-state index contributed by atoms with van der Waals surface area (Å²) in [6.45, 7) is 2.84. The lowest BCUT2D eigenvalue weighted by atomic mass is 9.90. The van der Waals surface area contributed by atoms with Crippen LogP contribution in [0.2, 0.25) is 0 Å². The van der Waals surface area contributed by atoms with E-state index in [0.717, 1.165) is 28.3 Å². The summed E-state index contributed by atoms with van der Waals surface area (Å²) in [7, 11) is 0. The topological polar surface area (TPSA) is 35.2 Å². The third kappa shape index (κ3) is 3.72. The van der Waals surface area contributed by atoms with Crippen LogP contribution in [0.25, 0.3) is 0 Å². The van der Waals surface area contributed by atoms with Gasteiger partial charge in [0.1, 0.15) is 5.75 Å². The van der Waals surface area contributed by atoms with Gasteiger partial charge in [0, 0.05) is 10.5 Å². The Morgan fingerprint density at radius 1 is 1.33 bits per heavy atom. The zero-order valence-corrected chi connectivity index (χ0v) is 12.6. The molecule has 0 amide bonds. The smallest absolute Gasteiger partial charge is 0.120 e. The number of benzene rings is 1. The number of halogens is 1. The van der Waals surface area contributed by atoms with Crippen molar-refractivity contribution in [2.45, 2.75) is 45.1 Å². The summed E-state index contributed by atoms with van der Waals surface area (Å²) in [5.74, 6) is 1.68. The first kappa shape index (κ1) is 13.9. The van der Waals surface area contributed by atoms with E-state index in [4.69, 9.17) is 10.5 Å². The highest BCUT2D eigenvalue weighted by atomic mass is 79.9. The summed E-state index contributed by atoms with van der Waals surface area (Å²) >= 11 is 3.55. The summed E-state index contributed by atoms with van der Waals surface area (Å²) in [5, 5.41) is 0. The molecule has 0 radical (unpaired) electrons. The number of hydrogen-bond acceptors (Lipinski definition) is 2. The van der Waals surface area contributed by atoms with Crippen LogP contribution < -0.4 is 10.5 Å². The Morgan fingerprint density at radius 2 is 2.06 bits per heavy atom. The minimum absolute atomic E-state index is 0.0479. The molecule has 0 saturated heterocycles. The van der Waals surface area contributed by atoms with Crippen LogP contribution in [0.1, 0.15) is 50.6 Å². The van der Waals surface area contributed by atoms with Crippen molar-refractivity contribution in [3.8, 4) is 5.75 Å². The third-order valence-electron chi connectivity index (χ3n) is 3.67. The van der Waals surface area contributed by atoms with E-state index in [1.807, 2.05) is 25.1 Å². The van der Waals surface area contributed by atoms with Crippen LogP contribution in [0.15, 0.2) is 22.7 Å². The first-order valence-electron chi connectivity index (χ1n) is 6.84. The molecule has 1 atom stereocenters. The van der Waals surface area contributed by atoms with E-state index in [1.165, 1.54) is 32.1 Å². The van der Waals surface area contributed by atoms with E-state index in [2.05, 4.69) is 15.9 Å². The van der Waals surface area contributed by atoms with Crippen LogP contribution in [-0.4, -0.2) is 6.61 Å². The molecule has 0 unspecified atom stereocenters. The maximum Gasteiger partial charge on any atom is 0.120 e. The molecule has 18 heavy (non-hydrogen) atoms. The highest BCUT2D eigenvalue weighted by Crippen LogP contribution is 2.28. The van der Waals surface area contributed by atoms with E-state index < -0.39 is 0 Å². The Balaban J connectivity index is 1.91. The predicted octanol–water partition coefficient (Wildman–Crippen LogP) is 4.43. The summed E-state index contributed by atoms with van der Waals surface area (Å²) in [5.41, 5.74) is 7.01. The monoisotopic (exact) mass is 311 g/mol. The van der Waals surface area contributed by atoms with E-state index in [9.17, 15) is 0 Å². The van der Waals surface area contributed by atoms with Crippen LogP contribution in [0.4, 0.5) is 0 Å². The highest BCUT2D eigenvalue weighted by Gasteiger charge is 2.14. The molecule has 0 spiro atoms. The molecule has 1 aromatic rings. The van der Waals surface area contributed by atoms with Crippen molar-refractivity contribution in [1.82, 2.24) is 0 Å². The van der Waals surface area contributed by atoms with Crippen LogP contribution in [0.5, 0.6) is 5.75 Å². The molecule has 1 saturated carbocycles. The maximum atomic E-state index is 5.89. The van der Waals surface area contributed by atoms with Gasteiger partial charge in [0.25, 0.3) is 0 Å². The van der Waals surface area contributed by atoms with Crippen molar-refractivity contribution in [3.63, 3.8) is 0 Å². The molecule has 2 rings (SSSR count). The summed E-state index contributed by atoms with van der Waals surface area (Å²) < 4.78 is 6.93. The van der Waals surface area contributed by atoms with Gasteiger partial charge in [-0.05, 0) is 43.4 Å². The largest absolute Gasteiger partial charge is 0.493 e. The molecule has 3 heteroatoms. The van der Waals surface area contributed by atoms with Crippen molar-refractivity contribution >= 4 is 15.9 Å². The van der Waals surface area contributed by atoms with Gasteiger partial charge in [-0.3, -0.25) is 0 Å². The fourth-order valence-corrected chi connectivity index (χ4v) is 3.25. The van der Waals surface area contributed by atoms with E-state index in [1.54, 1.807) is 0 Å². The van der Waals surface area contributed by atoms with Crippen LogP contribution in [0.3, 0.4) is 0 Å². The Kier molecular flexibility index (Phi) is 5.07. The van der Waals surface area contributed by atoms with E-state index in [-0.39, 0.29) is 6.04 Å². The van der Waals surface area contributed by atoms with Crippen LogP contribution in [0, 0.1) is 5.92 Å². The van der Waals surface area contributed by atoms with Crippen molar-refractivity contribution in [2.24, 2.45) is 11.7 Å². The second-order valence-electron chi connectivity index (χ2n) is 5.29. The second kappa shape index (κ2) is 6.58. The average Bonchev–Trinajstić information content (AvgIpc) is 2.37. The van der Waals surface area contributed by atoms with Gasteiger partial charge in [0.15, 0.2) is 0 Å². The molecule has 1 aliphatic rings. The van der Waals surface area contributed by atoms with Crippen molar-refractivity contribution < 1.29 is 4.74 Å². The molecule has 0 heterocycles. The fourth-order valence-electron chi connectivity index (χ4n) is 2.53. The Labute approximate surface area is 118 Å². The van der Waals surface area contributed by atoms with Crippen LogP contribution in [-0.2, 0) is 0 Å². The molecule has 1 aliphatic carbocycles. The molecule has 2 nitrogen and oxygen atoms in total.